The third-order valence-electron chi connectivity index (χ3n) is 4.45. The van der Waals surface area contributed by atoms with Gasteiger partial charge in [-0.15, -0.1) is 11.3 Å². The predicted molar refractivity (Wildman–Crippen MR) is 110 cm³/mol. The van der Waals surface area contributed by atoms with Crippen LogP contribution in [0.15, 0.2) is 66.3 Å². The Morgan fingerprint density at radius 3 is 2.69 bits per heavy atom. The van der Waals surface area contributed by atoms with E-state index in [4.69, 9.17) is 14.6 Å². The van der Waals surface area contributed by atoms with E-state index in [9.17, 15) is 4.79 Å². The summed E-state index contributed by atoms with van der Waals surface area (Å²) < 4.78 is 13.0. The summed E-state index contributed by atoms with van der Waals surface area (Å²) in [5.41, 5.74) is 2.63. The maximum atomic E-state index is 13.0. The first kappa shape index (κ1) is 17.4. The molecule has 1 N–H and O–H groups in total. The highest BCUT2D eigenvalue weighted by Gasteiger charge is 2.21. The summed E-state index contributed by atoms with van der Waals surface area (Å²) in [5, 5.41) is 9.87. The van der Waals surface area contributed by atoms with Crippen LogP contribution in [0.3, 0.4) is 0 Å². The average Bonchev–Trinajstić information content (AvgIpc) is 3.44. The van der Waals surface area contributed by atoms with Gasteiger partial charge in [0.15, 0.2) is 16.6 Å². The summed E-state index contributed by atoms with van der Waals surface area (Å²) in [4.78, 5) is 17.1. The maximum absolute atomic E-state index is 13.0. The molecule has 1 aliphatic rings. The summed E-state index contributed by atoms with van der Waals surface area (Å²) in [6, 6.07) is 15.2. The fourth-order valence-corrected chi connectivity index (χ4v) is 3.63. The van der Waals surface area contributed by atoms with Crippen molar-refractivity contribution in [3.8, 4) is 28.4 Å². The number of hydrogen-bond acceptors (Lipinski definition) is 6. The first-order valence-electron chi connectivity index (χ1n) is 9.04. The van der Waals surface area contributed by atoms with Crippen LogP contribution in [0.4, 0.5) is 5.13 Å². The molecule has 7 nitrogen and oxygen atoms in total. The van der Waals surface area contributed by atoms with Crippen LogP contribution in [0.5, 0.6) is 11.5 Å². The molecule has 1 amide bonds. The van der Waals surface area contributed by atoms with Crippen molar-refractivity contribution >= 4 is 22.4 Å². The van der Waals surface area contributed by atoms with E-state index in [1.807, 2.05) is 53.9 Å². The van der Waals surface area contributed by atoms with Gasteiger partial charge in [-0.05, 0) is 30.3 Å². The standard InChI is InChI=1S/C21H16N4O3S/c26-20(23-21-22-8-11-29-21)16-13-25(15-4-2-1-3-5-15)24-19(16)14-6-7-17-18(12-14)28-10-9-27-17/h1-8,11-13H,9-10H2,(H,22,23,26). The number of carbonyl (C=O) groups is 1. The number of aromatic nitrogens is 3. The van der Waals surface area contributed by atoms with Gasteiger partial charge in [-0.3, -0.25) is 10.1 Å². The molecule has 29 heavy (non-hydrogen) atoms. The van der Waals surface area contributed by atoms with Crippen molar-refractivity contribution in [2.45, 2.75) is 0 Å². The molecule has 3 heterocycles. The molecule has 0 spiro atoms. The molecular weight excluding hydrogens is 388 g/mol. The SMILES string of the molecule is O=C(Nc1nccs1)c1cn(-c2ccccc2)nc1-c1ccc2c(c1)OCCO2. The Labute approximate surface area is 170 Å². The van der Waals surface area contributed by atoms with E-state index in [0.29, 0.717) is 41.1 Å². The summed E-state index contributed by atoms with van der Waals surface area (Å²) in [6.07, 6.45) is 3.37. The number of para-hydroxylation sites is 1. The van der Waals surface area contributed by atoms with Crippen molar-refractivity contribution in [2.75, 3.05) is 18.5 Å². The lowest BCUT2D eigenvalue weighted by atomic mass is 10.1. The van der Waals surface area contributed by atoms with E-state index in [1.54, 1.807) is 17.1 Å². The van der Waals surface area contributed by atoms with Crippen molar-refractivity contribution in [1.82, 2.24) is 14.8 Å². The maximum Gasteiger partial charge on any atom is 0.261 e. The molecular formula is C21H16N4O3S. The first-order chi connectivity index (χ1) is 14.3. The fourth-order valence-electron chi connectivity index (χ4n) is 3.11. The summed E-state index contributed by atoms with van der Waals surface area (Å²) in [5.74, 6) is 1.07. The molecule has 0 saturated heterocycles. The summed E-state index contributed by atoms with van der Waals surface area (Å²) in [6.45, 7) is 1.02. The molecule has 8 heteroatoms. The zero-order chi connectivity index (χ0) is 19.6. The molecule has 0 atom stereocenters. The van der Waals surface area contributed by atoms with Crippen LogP contribution in [0.1, 0.15) is 10.4 Å². The van der Waals surface area contributed by atoms with Crippen molar-refractivity contribution in [1.29, 1.82) is 0 Å². The van der Waals surface area contributed by atoms with Gasteiger partial charge in [0.25, 0.3) is 5.91 Å². The number of ether oxygens (including phenoxy) is 2. The lowest BCUT2D eigenvalue weighted by molar-refractivity contribution is 0.102. The van der Waals surface area contributed by atoms with Gasteiger partial charge < -0.3 is 9.47 Å². The number of rotatable bonds is 4. The number of carbonyl (C=O) groups excluding carboxylic acids is 1. The van der Waals surface area contributed by atoms with Crippen LogP contribution in [0, 0.1) is 0 Å². The smallest absolute Gasteiger partial charge is 0.261 e. The van der Waals surface area contributed by atoms with E-state index < -0.39 is 0 Å². The van der Waals surface area contributed by atoms with Crippen molar-refractivity contribution in [3.05, 3.63) is 71.9 Å². The van der Waals surface area contributed by atoms with E-state index in [2.05, 4.69) is 10.3 Å². The predicted octanol–water partition coefficient (Wildman–Crippen LogP) is 4.02. The van der Waals surface area contributed by atoms with Gasteiger partial charge >= 0.3 is 0 Å². The summed E-state index contributed by atoms with van der Waals surface area (Å²) in [7, 11) is 0. The first-order valence-corrected chi connectivity index (χ1v) is 9.92. The van der Waals surface area contributed by atoms with E-state index >= 15 is 0 Å². The molecule has 0 radical (unpaired) electrons. The number of hydrogen-bond donors (Lipinski definition) is 1. The highest BCUT2D eigenvalue weighted by molar-refractivity contribution is 7.13. The Bertz CT molecular complexity index is 1160. The number of nitrogens with one attached hydrogen (secondary N) is 1. The van der Waals surface area contributed by atoms with Crippen molar-refractivity contribution < 1.29 is 14.3 Å². The monoisotopic (exact) mass is 404 g/mol. The van der Waals surface area contributed by atoms with Gasteiger partial charge in [-0.1, -0.05) is 18.2 Å². The van der Waals surface area contributed by atoms with Gasteiger partial charge in [0.05, 0.1) is 11.3 Å². The van der Waals surface area contributed by atoms with Crippen LogP contribution in [-0.4, -0.2) is 33.9 Å². The highest BCUT2D eigenvalue weighted by Crippen LogP contribution is 2.35. The van der Waals surface area contributed by atoms with Crippen molar-refractivity contribution in [3.63, 3.8) is 0 Å². The van der Waals surface area contributed by atoms with Crippen LogP contribution in [-0.2, 0) is 0 Å². The molecule has 0 bridgehead atoms. The largest absolute Gasteiger partial charge is 0.486 e. The third kappa shape index (κ3) is 3.45. The molecule has 0 unspecified atom stereocenters. The number of benzene rings is 2. The zero-order valence-corrected chi connectivity index (χ0v) is 16.1. The Balaban J connectivity index is 1.59. The molecule has 1 aliphatic heterocycles. The Kier molecular flexibility index (Phi) is 4.45. The molecule has 4 aromatic rings. The summed E-state index contributed by atoms with van der Waals surface area (Å²) >= 11 is 1.36. The number of nitrogens with zero attached hydrogens (tertiary/aromatic N) is 3. The van der Waals surface area contributed by atoms with Gasteiger partial charge in [-0.2, -0.15) is 5.10 Å². The van der Waals surface area contributed by atoms with Crippen molar-refractivity contribution in [2.24, 2.45) is 0 Å². The molecule has 144 valence electrons. The normalized spacial score (nSPS) is 12.6. The van der Waals surface area contributed by atoms with Crippen LogP contribution >= 0.6 is 11.3 Å². The molecule has 0 aliphatic carbocycles. The highest BCUT2D eigenvalue weighted by atomic mass is 32.1. The van der Waals surface area contributed by atoms with Gasteiger partial charge in [0.1, 0.15) is 18.9 Å². The second-order valence-corrected chi connectivity index (χ2v) is 7.22. The topological polar surface area (TPSA) is 78.3 Å². The Hall–Kier alpha value is -3.65. The number of fused-ring (bicyclic) bond motifs is 1. The van der Waals surface area contributed by atoms with E-state index in [1.165, 1.54) is 11.3 Å². The third-order valence-corrected chi connectivity index (χ3v) is 5.14. The Morgan fingerprint density at radius 2 is 1.90 bits per heavy atom. The number of thiazole rings is 1. The van der Waals surface area contributed by atoms with Gasteiger partial charge in [-0.25, -0.2) is 9.67 Å². The minimum atomic E-state index is -0.271. The van der Waals surface area contributed by atoms with Crippen LogP contribution < -0.4 is 14.8 Å². The zero-order valence-electron chi connectivity index (χ0n) is 15.2. The quantitative estimate of drug-likeness (QED) is 0.556. The molecule has 2 aromatic heterocycles. The Morgan fingerprint density at radius 1 is 1.07 bits per heavy atom. The molecule has 2 aromatic carbocycles. The second kappa shape index (κ2) is 7.40. The molecule has 0 saturated carbocycles. The molecule has 0 fully saturated rings. The molecule has 5 rings (SSSR count). The lowest BCUT2D eigenvalue weighted by Crippen LogP contribution is -2.15. The number of anilines is 1. The minimum Gasteiger partial charge on any atom is -0.486 e. The van der Waals surface area contributed by atoms with Crippen LogP contribution in [0.25, 0.3) is 16.9 Å². The van der Waals surface area contributed by atoms with E-state index in [0.717, 1.165) is 11.3 Å². The minimum absolute atomic E-state index is 0.271. The fraction of sp³-hybridized carbons (Fsp3) is 0.0952. The average molecular weight is 404 g/mol. The van der Waals surface area contributed by atoms with Crippen LogP contribution in [0.2, 0.25) is 0 Å². The number of amides is 1. The van der Waals surface area contributed by atoms with E-state index in [-0.39, 0.29) is 5.91 Å². The lowest BCUT2D eigenvalue weighted by Gasteiger charge is -2.18. The second-order valence-electron chi connectivity index (χ2n) is 6.32. The van der Waals surface area contributed by atoms with Gasteiger partial charge in [0, 0.05) is 23.3 Å². The van der Waals surface area contributed by atoms with Gasteiger partial charge in [0.2, 0.25) is 0 Å².